The number of hydrogen-bond acceptors (Lipinski definition) is 2. The van der Waals surface area contributed by atoms with Gasteiger partial charge in [-0.1, -0.05) is 12.8 Å². The quantitative estimate of drug-likeness (QED) is 0.757. The van der Waals surface area contributed by atoms with Gasteiger partial charge in [0.15, 0.2) is 0 Å². The Hall–Kier alpha value is -0.580. The van der Waals surface area contributed by atoms with E-state index >= 15 is 0 Å². The molecule has 1 heterocycles. The normalized spacial score (nSPS) is 22.8. The molecule has 106 valence electrons. The molecule has 1 unspecified atom stereocenters. The predicted molar refractivity (Wildman–Crippen MR) is 64.4 cm³/mol. The number of Topliss-reactive ketones (excluding diaryl/α,β-unsaturated/α-hetero) is 1. The number of ketones is 1. The fourth-order valence-corrected chi connectivity index (χ4v) is 2.58. The van der Waals surface area contributed by atoms with Gasteiger partial charge in [0.2, 0.25) is 0 Å². The number of nitrogens with zero attached hydrogens (tertiary/aromatic N) is 1. The van der Waals surface area contributed by atoms with Crippen molar-refractivity contribution in [3.63, 3.8) is 0 Å². The van der Waals surface area contributed by atoms with Crippen molar-refractivity contribution >= 4 is 5.78 Å². The molecule has 0 bridgehead atoms. The molecule has 0 N–H and O–H groups in total. The molecule has 0 amide bonds. The molecule has 0 spiro atoms. The molecule has 0 aromatic carbocycles. The van der Waals surface area contributed by atoms with Gasteiger partial charge in [-0.2, -0.15) is 13.2 Å². The second-order valence-electron chi connectivity index (χ2n) is 5.16. The highest BCUT2D eigenvalue weighted by Crippen LogP contribution is 2.24. The van der Waals surface area contributed by atoms with Crippen LogP contribution in [0.1, 0.15) is 51.9 Å². The Morgan fingerprint density at radius 3 is 2.61 bits per heavy atom. The van der Waals surface area contributed by atoms with E-state index in [0.29, 0.717) is 13.0 Å². The lowest BCUT2D eigenvalue weighted by molar-refractivity contribution is -0.136. The summed E-state index contributed by atoms with van der Waals surface area (Å²) in [5, 5.41) is 0. The average Bonchev–Trinajstić information content (AvgIpc) is 2.42. The summed E-state index contributed by atoms with van der Waals surface area (Å²) in [5.41, 5.74) is 0. The van der Waals surface area contributed by atoms with Crippen LogP contribution < -0.4 is 0 Å². The highest BCUT2D eigenvalue weighted by Gasteiger charge is 2.28. The van der Waals surface area contributed by atoms with E-state index < -0.39 is 12.6 Å². The standard InChI is InChI=1S/C13H22F3NO/c1-11(18)10-12-6-3-2-4-8-17(12)9-5-7-13(14,15)16/h12H,2-10H2,1H3. The van der Waals surface area contributed by atoms with Crippen LogP contribution in [0.4, 0.5) is 13.2 Å². The molecule has 1 aliphatic heterocycles. The number of rotatable bonds is 5. The Bertz CT molecular complexity index is 265. The zero-order chi connectivity index (χ0) is 13.6. The minimum atomic E-state index is -4.07. The molecule has 1 saturated heterocycles. The topological polar surface area (TPSA) is 20.3 Å². The van der Waals surface area contributed by atoms with Gasteiger partial charge in [0, 0.05) is 18.9 Å². The van der Waals surface area contributed by atoms with E-state index in [2.05, 4.69) is 4.90 Å². The van der Waals surface area contributed by atoms with E-state index in [1.807, 2.05) is 0 Å². The first kappa shape index (κ1) is 15.5. The van der Waals surface area contributed by atoms with Crippen molar-refractivity contribution in [3.05, 3.63) is 0 Å². The van der Waals surface area contributed by atoms with Crippen LogP contribution in [0, 0.1) is 0 Å². The first-order chi connectivity index (χ1) is 8.38. The summed E-state index contributed by atoms with van der Waals surface area (Å²) in [4.78, 5) is 13.3. The van der Waals surface area contributed by atoms with Crippen LogP contribution in [-0.2, 0) is 4.79 Å². The van der Waals surface area contributed by atoms with Crippen molar-refractivity contribution in [2.45, 2.75) is 64.1 Å². The number of hydrogen-bond donors (Lipinski definition) is 0. The Labute approximate surface area is 107 Å². The van der Waals surface area contributed by atoms with Gasteiger partial charge in [0.25, 0.3) is 0 Å². The summed E-state index contributed by atoms with van der Waals surface area (Å²) in [6.07, 6.45) is -0.0218. The van der Waals surface area contributed by atoms with Crippen LogP contribution in [0.2, 0.25) is 0 Å². The van der Waals surface area contributed by atoms with E-state index in [4.69, 9.17) is 0 Å². The van der Waals surface area contributed by atoms with Gasteiger partial charge < -0.3 is 0 Å². The summed E-state index contributed by atoms with van der Waals surface area (Å²) >= 11 is 0. The maximum Gasteiger partial charge on any atom is 0.389 e. The first-order valence-electron chi connectivity index (χ1n) is 6.69. The van der Waals surface area contributed by atoms with Crippen LogP contribution in [0.15, 0.2) is 0 Å². The third-order valence-corrected chi connectivity index (χ3v) is 3.43. The highest BCUT2D eigenvalue weighted by molar-refractivity contribution is 5.76. The molecule has 5 heteroatoms. The van der Waals surface area contributed by atoms with Crippen LogP contribution >= 0.6 is 0 Å². The maximum absolute atomic E-state index is 12.1. The number of alkyl halides is 3. The zero-order valence-corrected chi connectivity index (χ0v) is 10.9. The van der Waals surface area contributed by atoms with Gasteiger partial charge in [0.05, 0.1) is 0 Å². The van der Waals surface area contributed by atoms with Gasteiger partial charge in [-0.25, -0.2) is 0 Å². The molecule has 18 heavy (non-hydrogen) atoms. The third-order valence-electron chi connectivity index (χ3n) is 3.43. The van der Waals surface area contributed by atoms with E-state index in [9.17, 15) is 18.0 Å². The predicted octanol–water partition coefficient (Wildman–Crippen LogP) is 3.55. The fourth-order valence-electron chi connectivity index (χ4n) is 2.58. The lowest BCUT2D eigenvalue weighted by Gasteiger charge is -2.29. The van der Waals surface area contributed by atoms with Gasteiger partial charge in [0.1, 0.15) is 5.78 Å². The second-order valence-corrected chi connectivity index (χ2v) is 5.16. The highest BCUT2D eigenvalue weighted by atomic mass is 19.4. The Balaban J connectivity index is 2.43. The molecular weight excluding hydrogens is 243 g/mol. The van der Waals surface area contributed by atoms with Crippen LogP contribution in [0.3, 0.4) is 0 Å². The van der Waals surface area contributed by atoms with Gasteiger partial charge >= 0.3 is 6.18 Å². The van der Waals surface area contributed by atoms with Crippen LogP contribution in [-0.4, -0.2) is 36.0 Å². The largest absolute Gasteiger partial charge is 0.389 e. The molecule has 1 rings (SSSR count). The fraction of sp³-hybridized carbons (Fsp3) is 0.923. The Morgan fingerprint density at radius 1 is 1.28 bits per heavy atom. The molecule has 1 aliphatic rings. The number of carbonyl (C=O) groups is 1. The van der Waals surface area contributed by atoms with E-state index in [1.54, 1.807) is 6.92 Å². The van der Waals surface area contributed by atoms with Gasteiger partial charge in [-0.15, -0.1) is 0 Å². The maximum atomic E-state index is 12.1. The van der Waals surface area contributed by atoms with Gasteiger partial charge in [-0.3, -0.25) is 9.69 Å². The SMILES string of the molecule is CC(=O)CC1CCCCCN1CCCC(F)(F)F. The average molecular weight is 265 g/mol. The van der Waals surface area contributed by atoms with Crippen molar-refractivity contribution in [2.24, 2.45) is 0 Å². The Kier molecular flexibility index (Phi) is 6.12. The molecule has 0 aliphatic carbocycles. The second kappa shape index (κ2) is 7.12. The molecule has 0 radical (unpaired) electrons. The summed E-state index contributed by atoms with van der Waals surface area (Å²) in [6, 6.07) is 0.151. The van der Waals surface area contributed by atoms with Crippen molar-refractivity contribution in [2.75, 3.05) is 13.1 Å². The van der Waals surface area contributed by atoms with E-state index in [0.717, 1.165) is 32.2 Å². The third kappa shape index (κ3) is 6.38. The van der Waals surface area contributed by atoms with E-state index in [1.165, 1.54) is 0 Å². The minimum absolute atomic E-state index is 0.128. The lowest BCUT2D eigenvalue weighted by Crippen LogP contribution is -2.37. The summed E-state index contributed by atoms with van der Waals surface area (Å²) in [6.45, 7) is 2.84. The molecule has 0 aromatic heterocycles. The van der Waals surface area contributed by atoms with E-state index in [-0.39, 0.29) is 18.2 Å². The smallest absolute Gasteiger partial charge is 0.300 e. The molecule has 0 saturated carbocycles. The van der Waals surface area contributed by atoms with Crippen molar-refractivity contribution < 1.29 is 18.0 Å². The number of halogens is 3. The molecule has 0 aromatic rings. The minimum Gasteiger partial charge on any atom is -0.300 e. The van der Waals surface area contributed by atoms with Crippen molar-refractivity contribution in [1.29, 1.82) is 0 Å². The van der Waals surface area contributed by atoms with Gasteiger partial charge in [-0.05, 0) is 39.3 Å². The first-order valence-corrected chi connectivity index (χ1v) is 6.69. The Morgan fingerprint density at radius 2 is 2.00 bits per heavy atom. The summed E-state index contributed by atoms with van der Waals surface area (Å²) in [5.74, 6) is 0.128. The molecule has 1 fully saturated rings. The monoisotopic (exact) mass is 265 g/mol. The van der Waals surface area contributed by atoms with Crippen molar-refractivity contribution in [1.82, 2.24) is 4.90 Å². The number of carbonyl (C=O) groups excluding carboxylic acids is 1. The van der Waals surface area contributed by atoms with Crippen LogP contribution in [0.5, 0.6) is 0 Å². The zero-order valence-electron chi connectivity index (χ0n) is 10.9. The lowest BCUT2D eigenvalue weighted by atomic mass is 10.0. The van der Waals surface area contributed by atoms with Crippen molar-refractivity contribution in [3.8, 4) is 0 Å². The molecule has 1 atom stereocenters. The number of likely N-dealkylation sites (tertiary alicyclic amines) is 1. The summed E-state index contributed by atoms with van der Waals surface area (Å²) < 4.78 is 36.4. The van der Waals surface area contributed by atoms with Crippen LogP contribution in [0.25, 0.3) is 0 Å². The molecule has 2 nitrogen and oxygen atoms in total. The summed E-state index contributed by atoms with van der Waals surface area (Å²) in [7, 11) is 0. The molecular formula is C13H22F3NO.